The minimum atomic E-state index is 0.0718. The Kier molecular flexibility index (Phi) is 13.2. The molecule has 0 aliphatic carbocycles. The van der Waals surface area contributed by atoms with E-state index in [1.165, 1.54) is 6.40 Å². The maximum atomic E-state index is 5.15. The standard InChI is InChI=1S/C8H11NO.2C2H6/c1-3-5-8-7(4-2)9-6-10-8;2*1-2/h3-8H,2H2,1H3;2*1-2H3/b5-3-;;. The van der Waals surface area contributed by atoms with Crippen molar-refractivity contribution in [2.24, 2.45) is 4.99 Å². The van der Waals surface area contributed by atoms with E-state index >= 15 is 0 Å². The quantitative estimate of drug-likeness (QED) is 0.620. The van der Waals surface area contributed by atoms with Gasteiger partial charge in [0.05, 0.1) is 0 Å². The Morgan fingerprint density at radius 1 is 1.29 bits per heavy atom. The first kappa shape index (κ1) is 15.4. The van der Waals surface area contributed by atoms with Crippen molar-refractivity contribution in [1.29, 1.82) is 0 Å². The molecule has 0 aromatic heterocycles. The van der Waals surface area contributed by atoms with Crippen LogP contribution in [-0.2, 0) is 4.74 Å². The summed E-state index contributed by atoms with van der Waals surface area (Å²) in [6.07, 6.45) is 7.27. The highest BCUT2D eigenvalue weighted by molar-refractivity contribution is 5.51. The van der Waals surface area contributed by atoms with Crippen molar-refractivity contribution >= 4 is 6.40 Å². The molecule has 0 bridgehead atoms. The third kappa shape index (κ3) is 5.57. The molecule has 2 atom stereocenters. The monoisotopic (exact) mass is 197 g/mol. The van der Waals surface area contributed by atoms with E-state index in [1.807, 2.05) is 46.8 Å². The Bertz CT molecular complexity index is 173. The molecule has 14 heavy (non-hydrogen) atoms. The summed E-state index contributed by atoms with van der Waals surface area (Å²) in [6, 6.07) is 0.108. The van der Waals surface area contributed by atoms with Gasteiger partial charge in [-0.25, -0.2) is 4.99 Å². The molecule has 0 amide bonds. The van der Waals surface area contributed by atoms with Crippen molar-refractivity contribution in [3.63, 3.8) is 0 Å². The molecule has 0 radical (unpaired) electrons. The number of rotatable bonds is 2. The zero-order valence-electron chi connectivity index (χ0n) is 10.0. The molecule has 0 N–H and O–H groups in total. The Hall–Kier alpha value is -1.05. The fraction of sp³-hybridized carbons (Fsp3) is 0.583. The summed E-state index contributed by atoms with van der Waals surface area (Å²) >= 11 is 0. The van der Waals surface area contributed by atoms with Crippen LogP contribution >= 0.6 is 0 Å². The molecule has 0 saturated carbocycles. The molecule has 82 valence electrons. The van der Waals surface area contributed by atoms with E-state index in [2.05, 4.69) is 11.6 Å². The van der Waals surface area contributed by atoms with Gasteiger partial charge in [0, 0.05) is 0 Å². The molecule has 0 aromatic carbocycles. The largest absolute Gasteiger partial charge is 0.474 e. The molecule has 1 aliphatic heterocycles. The van der Waals surface area contributed by atoms with Crippen LogP contribution in [0.1, 0.15) is 34.6 Å². The molecule has 0 saturated heterocycles. The van der Waals surface area contributed by atoms with Gasteiger partial charge in [0.2, 0.25) is 0 Å². The van der Waals surface area contributed by atoms with Gasteiger partial charge in [0.25, 0.3) is 0 Å². The van der Waals surface area contributed by atoms with Crippen LogP contribution in [0.4, 0.5) is 0 Å². The molecule has 2 unspecified atom stereocenters. The Morgan fingerprint density at radius 3 is 2.29 bits per heavy atom. The average Bonchev–Trinajstić information content (AvgIpc) is 2.72. The van der Waals surface area contributed by atoms with Gasteiger partial charge in [-0.1, -0.05) is 39.8 Å². The fourth-order valence-corrected chi connectivity index (χ4v) is 0.885. The van der Waals surface area contributed by atoms with Crippen LogP contribution in [0.3, 0.4) is 0 Å². The number of hydrogen-bond acceptors (Lipinski definition) is 2. The summed E-state index contributed by atoms with van der Waals surface area (Å²) in [5.74, 6) is 0. The van der Waals surface area contributed by atoms with E-state index in [9.17, 15) is 0 Å². The summed E-state index contributed by atoms with van der Waals surface area (Å²) in [6.45, 7) is 13.6. The van der Waals surface area contributed by atoms with Crippen LogP contribution in [0.15, 0.2) is 29.8 Å². The zero-order valence-corrected chi connectivity index (χ0v) is 10.0. The smallest absolute Gasteiger partial charge is 0.171 e. The molecule has 0 fully saturated rings. The predicted octanol–water partition coefficient (Wildman–Crippen LogP) is 3.60. The summed E-state index contributed by atoms with van der Waals surface area (Å²) in [4.78, 5) is 4.04. The van der Waals surface area contributed by atoms with Crippen molar-refractivity contribution in [1.82, 2.24) is 0 Å². The molecule has 1 aliphatic rings. The minimum absolute atomic E-state index is 0.0718. The van der Waals surface area contributed by atoms with Gasteiger partial charge in [-0.15, -0.1) is 6.58 Å². The second-order valence-corrected chi connectivity index (χ2v) is 2.11. The van der Waals surface area contributed by atoms with E-state index in [0.717, 1.165) is 0 Å². The van der Waals surface area contributed by atoms with Gasteiger partial charge in [0.15, 0.2) is 6.40 Å². The highest BCUT2D eigenvalue weighted by atomic mass is 16.5. The van der Waals surface area contributed by atoms with Gasteiger partial charge in [-0.05, 0) is 13.0 Å². The van der Waals surface area contributed by atoms with Crippen molar-refractivity contribution in [3.8, 4) is 0 Å². The van der Waals surface area contributed by atoms with E-state index in [4.69, 9.17) is 4.74 Å². The normalized spacial score (nSPS) is 22.9. The first-order valence-corrected chi connectivity index (χ1v) is 5.31. The van der Waals surface area contributed by atoms with Crippen molar-refractivity contribution in [2.75, 3.05) is 0 Å². The Balaban J connectivity index is 0. The first-order valence-electron chi connectivity index (χ1n) is 5.31. The lowest BCUT2D eigenvalue weighted by molar-refractivity contribution is 0.266. The molecule has 1 heterocycles. The number of nitrogens with zero attached hydrogens (tertiary/aromatic N) is 1. The van der Waals surface area contributed by atoms with Crippen molar-refractivity contribution in [2.45, 2.75) is 46.8 Å². The molecule has 0 spiro atoms. The maximum absolute atomic E-state index is 5.15. The summed E-state index contributed by atoms with van der Waals surface area (Å²) in [5.41, 5.74) is 0. The fourth-order valence-electron chi connectivity index (χ4n) is 0.885. The topological polar surface area (TPSA) is 21.6 Å². The summed E-state index contributed by atoms with van der Waals surface area (Å²) < 4.78 is 5.15. The second kappa shape index (κ2) is 11.9. The van der Waals surface area contributed by atoms with Crippen LogP contribution in [0.5, 0.6) is 0 Å². The molecule has 2 heteroatoms. The van der Waals surface area contributed by atoms with Crippen LogP contribution in [0.2, 0.25) is 0 Å². The van der Waals surface area contributed by atoms with Gasteiger partial charge < -0.3 is 4.74 Å². The average molecular weight is 197 g/mol. The predicted molar refractivity (Wildman–Crippen MR) is 64.9 cm³/mol. The lowest BCUT2D eigenvalue weighted by Gasteiger charge is -2.07. The molecule has 1 rings (SSSR count). The molecular formula is C12H23NO. The van der Waals surface area contributed by atoms with Gasteiger partial charge in [-0.2, -0.15) is 0 Å². The molecule has 2 nitrogen and oxygen atoms in total. The highest BCUT2D eigenvalue weighted by Gasteiger charge is 2.19. The maximum Gasteiger partial charge on any atom is 0.171 e. The summed E-state index contributed by atoms with van der Waals surface area (Å²) in [7, 11) is 0. The van der Waals surface area contributed by atoms with E-state index < -0.39 is 0 Å². The van der Waals surface area contributed by atoms with Crippen LogP contribution in [0, 0.1) is 0 Å². The van der Waals surface area contributed by atoms with Crippen LogP contribution in [0.25, 0.3) is 0 Å². The number of allylic oxidation sites excluding steroid dienone is 1. The van der Waals surface area contributed by atoms with Gasteiger partial charge in [-0.3, -0.25) is 0 Å². The SMILES string of the molecule is C=CC1N=COC1/C=C\C.CC.CC. The third-order valence-electron chi connectivity index (χ3n) is 1.41. The van der Waals surface area contributed by atoms with Gasteiger partial charge in [0.1, 0.15) is 12.1 Å². The lowest BCUT2D eigenvalue weighted by atomic mass is 10.1. The van der Waals surface area contributed by atoms with Crippen LogP contribution < -0.4 is 0 Å². The summed E-state index contributed by atoms with van der Waals surface area (Å²) in [5, 5.41) is 0. The van der Waals surface area contributed by atoms with E-state index in [0.29, 0.717) is 0 Å². The number of aliphatic imine (C=N–C) groups is 1. The second-order valence-electron chi connectivity index (χ2n) is 2.11. The number of ether oxygens (including phenoxy) is 1. The zero-order chi connectivity index (χ0) is 11.4. The van der Waals surface area contributed by atoms with Gasteiger partial charge >= 0.3 is 0 Å². The van der Waals surface area contributed by atoms with E-state index in [-0.39, 0.29) is 12.1 Å². The minimum Gasteiger partial charge on any atom is -0.474 e. The van der Waals surface area contributed by atoms with Crippen molar-refractivity contribution < 1.29 is 4.74 Å². The molecule has 0 aromatic rings. The van der Waals surface area contributed by atoms with Crippen molar-refractivity contribution in [3.05, 3.63) is 24.8 Å². The highest BCUT2D eigenvalue weighted by Crippen LogP contribution is 2.11. The lowest BCUT2D eigenvalue weighted by Crippen LogP contribution is -2.16. The van der Waals surface area contributed by atoms with E-state index in [1.54, 1.807) is 6.08 Å². The van der Waals surface area contributed by atoms with Crippen LogP contribution in [-0.4, -0.2) is 18.5 Å². The third-order valence-corrected chi connectivity index (χ3v) is 1.41. The molecular weight excluding hydrogens is 174 g/mol. The first-order chi connectivity index (χ1) is 6.88. The number of hydrogen-bond donors (Lipinski definition) is 0. The Labute approximate surface area is 88.4 Å². The Morgan fingerprint density at radius 2 is 1.86 bits per heavy atom.